The Morgan fingerprint density at radius 2 is 1.86 bits per heavy atom. The maximum Gasteiger partial charge on any atom is 0.256 e. The predicted octanol–water partition coefficient (Wildman–Crippen LogP) is 4.06. The Morgan fingerprint density at radius 1 is 1.14 bits per heavy atom. The molecule has 2 aromatic rings. The van der Waals surface area contributed by atoms with Crippen molar-refractivity contribution in [2.75, 3.05) is 18.5 Å². The van der Waals surface area contributed by atoms with Gasteiger partial charge in [-0.3, -0.25) is 14.5 Å². The smallest absolute Gasteiger partial charge is 0.256 e. The van der Waals surface area contributed by atoms with Gasteiger partial charge in [0.05, 0.1) is 11.3 Å². The molecule has 2 aliphatic rings. The highest BCUT2D eigenvalue weighted by atomic mass is 35.5. The highest BCUT2D eigenvalue weighted by Crippen LogP contribution is 2.49. The Balaban J connectivity index is 2.12. The number of ether oxygens (including phenoxy) is 1. The summed E-state index contributed by atoms with van der Waals surface area (Å²) in [5, 5.41) is 0.511. The van der Waals surface area contributed by atoms with Crippen LogP contribution in [0.5, 0.6) is 0 Å². The first-order valence-corrected chi connectivity index (χ1v) is 9.60. The number of allylic oxidation sites excluding steroid dienone is 1. The van der Waals surface area contributed by atoms with Gasteiger partial charge in [0.15, 0.2) is 0 Å². The molecule has 144 valence electrons. The highest BCUT2D eigenvalue weighted by molar-refractivity contribution is 6.30. The van der Waals surface area contributed by atoms with Crippen LogP contribution in [0.1, 0.15) is 31.4 Å². The molecule has 2 heterocycles. The monoisotopic (exact) mass is 396 g/mol. The molecule has 0 aliphatic carbocycles. The number of likely N-dealkylation sites (N-methyl/N-ethyl adjacent to an activating group) is 1. The zero-order valence-electron chi connectivity index (χ0n) is 16.0. The average Bonchev–Trinajstić information content (AvgIpc) is 2.80. The lowest BCUT2D eigenvalue weighted by Crippen LogP contribution is -2.56. The summed E-state index contributed by atoms with van der Waals surface area (Å²) in [5.41, 5.74) is 1.38. The van der Waals surface area contributed by atoms with Crippen LogP contribution in [0, 0.1) is 0 Å². The third-order valence-electron chi connectivity index (χ3n) is 5.47. The minimum Gasteiger partial charge on any atom is -0.463 e. The van der Waals surface area contributed by atoms with E-state index in [1.54, 1.807) is 37.1 Å². The van der Waals surface area contributed by atoms with Crippen LogP contribution in [0.25, 0.3) is 0 Å². The van der Waals surface area contributed by atoms with E-state index in [0.717, 1.165) is 5.56 Å². The number of carbonyl (C=O) groups excluding carboxylic acids is 2. The van der Waals surface area contributed by atoms with Crippen LogP contribution >= 0.6 is 11.6 Å². The van der Waals surface area contributed by atoms with Gasteiger partial charge in [-0.05, 0) is 25.1 Å². The SMILES string of the molecule is CCC1=C(C)C(=O)N2CC(=O)N(C)c3ccc(Cl)cc3C2(c2ccccc2)O1. The molecule has 0 aromatic heterocycles. The van der Waals surface area contributed by atoms with Crippen LogP contribution in [0.2, 0.25) is 5.02 Å². The molecule has 1 unspecified atom stereocenters. The first-order valence-electron chi connectivity index (χ1n) is 9.23. The lowest BCUT2D eigenvalue weighted by atomic mass is 9.89. The van der Waals surface area contributed by atoms with Crippen LogP contribution < -0.4 is 4.90 Å². The normalized spacial score (nSPS) is 21.9. The van der Waals surface area contributed by atoms with E-state index in [1.165, 1.54) is 4.90 Å². The summed E-state index contributed by atoms with van der Waals surface area (Å²) >= 11 is 6.36. The number of carbonyl (C=O) groups is 2. The molecular formula is C22H21ClN2O3. The summed E-state index contributed by atoms with van der Waals surface area (Å²) in [6.07, 6.45) is 0.569. The number of hydrogen-bond donors (Lipinski definition) is 0. The molecule has 0 N–H and O–H groups in total. The molecule has 6 heteroatoms. The van der Waals surface area contributed by atoms with Gasteiger partial charge in [-0.25, -0.2) is 0 Å². The summed E-state index contributed by atoms with van der Waals surface area (Å²) in [5.74, 6) is 0.223. The van der Waals surface area contributed by atoms with Crippen LogP contribution in [-0.2, 0) is 20.1 Å². The lowest BCUT2D eigenvalue weighted by Gasteiger charge is -2.47. The van der Waals surface area contributed by atoms with Crippen molar-refractivity contribution >= 4 is 29.1 Å². The minimum absolute atomic E-state index is 0.0924. The molecule has 0 fully saturated rings. The highest BCUT2D eigenvalue weighted by Gasteiger charge is 2.53. The second-order valence-corrected chi connectivity index (χ2v) is 7.46. The fourth-order valence-electron chi connectivity index (χ4n) is 3.98. The first kappa shape index (κ1) is 18.6. The number of benzene rings is 2. The Hall–Kier alpha value is -2.79. The van der Waals surface area contributed by atoms with Crippen molar-refractivity contribution in [3.8, 4) is 0 Å². The van der Waals surface area contributed by atoms with E-state index in [2.05, 4.69) is 0 Å². The Morgan fingerprint density at radius 3 is 2.54 bits per heavy atom. The summed E-state index contributed by atoms with van der Waals surface area (Å²) in [6.45, 7) is 3.60. The quantitative estimate of drug-likeness (QED) is 0.769. The van der Waals surface area contributed by atoms with Crippen molar-refractivity contribution < 1.29 is 14.3 Å². The molecule has 0 radical (unpaired) electrons. The molecule has 0 saturated heterocycles. The minimum atomic E-state index is -1.26. The number of halogens is 1. The first-order chi connectivity index (χ1) is 13.4. The Kier molecular flexibility index (Phi) is 4.42. The molecule has 2 aliphatic heterocycles. The topological polar surface area (TPSA) is 49.9 Å². The fraction of sp³-hybridized carbons (Fsp3) is 0.273. The van der Waals surface area contributed by atoms with Gasteiger partial charge in [0.2, 0.25) is 11.6 Å². The zero-order valence-corrected chi connectivity index (χ0v) is 16.8. The maximum absolute atomic E-state index is 13.4. The molecule has 0 bridgehead atoms. The molecule has 4 rings (SSSR count). The molecule has 0 saturated carbocycles. The van der Waals surface area contributed by atoms with Crippen LogP contribution in [0.15, 0.2) is 59.9 Å². The molecular weight excluding hydrogens is 376 g/mol. The molecule has 28 heavy (non-hydrogen) atoms. The van der Waals surface area contributed by atoms with E-state index >= 15 is 0 Å². The summed E-state index contributed by atoms with van der Waals surface area (Å²) in [7, 11) is 1.71. The van der Waals surface area contributed by atoms with Gasteiger partial charge in [-0.1, -0.05) is 48.9 Å². The lowest BCUT2D eigenvalue weighted by molar-refractivity contribution is -0.164. The van der Waals surface area contributed by atoms with Crippen molar-refractivity contribution in [2.24, 2.45) is 0 Å². The van der Waals surface area contributed by atoms with Gasteiger partial charge >= 0.3 is 0 Å². The number of fused-ring (bicyclic) bond motifs is 3. The molecule has 5 nitrogen and oxygen atoms in total. The van der Waals surface area contributed by atoms with E-state index in [1.807, 2.05) is 37.3 Å². The zero-order chi connectivity index (χ0) is 20.1. The number of amides is 2. The third-order valence-corrected chi connectivity index (χ3v) is 5.71. The van der Waals surface area contributed by atoms with Crippen molar-refractivity contribution in [3.63, 3.8) is 0 Å². The largest absolute Gasteiger partial charge is 0.463 e. The van der Waals surface area contributed by atoms with E-state index in [4.69, 9.17) is 16.3 Å². The van der Waals surface area contributed by atoms with Gasteiger partial charge in [-0.2, -0.15) is 0 Å². The van der Waals surface area contributed by atoms with Gasteiger partial charge in [-0.15, -0.1) is 0 Å². The van der Waals surface area contributed by atoms with Crippen LogP contribution in [-0.4, -0.2) is 30.3 Å². The van der Waals surface area contributed by atoms with Gasteiger partial charge in [0.25, 0.3) is 5.91 Å². The number of anilines is 1. The average molecular weight is 397 g/mol. The molecule has 0 spiro atoms. The summed E-state index contributed by atoms with van der Waals surface area (Å²) < 4.78 is 6.60. The van der Waals surface area contributed by atoms with Crippen molar-refractivity contribution in [1.29, 1.82) is 0 Å². The second-order valence-electron chi connectivity index (χ2n) is 7.02. The summed E-state index contributed by atoms with van der Waals surface area (Å²) in [6, 6.07) is 14.8. The van der Waals surface area contributed by atoms with E-state index < -0.39 is 5.72 Å². The molecule has 2 aromatic carbocycles. The van der Waals surface area contributed by atoms with Crippen LogP contribution in [0.4, 0.5) is 5.69 Å². The van der Waals surface area contributed by atoms with Crippen LogP contribution in [0.3, 0.4) is 0 Å². The van der Waals surface area contributed by atoms with Crippen molar-refractivity contribution in [2.45, 2.75) is 26.0 Å². The second kappa shape index (κ2) is 6.67. The number of nitrogens with zero attached hydrogens (tertiary/aromatic N) is 2. The van der Waals surface area contributed by atoms with Crippen molar-refractivity contribution in [3.05, 3.63) is 76.0 Å². The third kappa shape index (κ3) is 2.53. The van der Waals surface area contributed by atoms with Gasteiger partial charge in [0, 0.05) is 29.6 Å². The molecule has 2 amide bonds. The van der Waals surface area contributed by atoms with E-state index in [-0.39, 0.29) is 18.4 Å². The Labute approximate surface area is 169 Å². The standard InChI is InChI=1S/C22H21ClN2O3/c1-4-19-14(2)21(27)25-13-20(26)24(3)18-11-10-16(23)12-17(18)22(25,28-19)15-8-6-5-7-9-15/h5-12H,4,13H2,1-3H3. The van der Waals surface area contributed by atoms with Gasteiger partial charge < -0.3 is 9.64 Å². The summed E-state index contributed by atoms with van der Waals surface area (Å²) in [4.78, 5) is 29.4. The van der Waals surface area contributed by atoms with E-state index in [0.29, 0.717) is 34.0 Å². The fourth-order valence-corrected chi connectivity index (χ4v) is 4.15. The predicted molar refractivity (Wildman–Crippen MR) is 108 cm³/mol. The number of rotatable bonds is 2. The Bertz CT molecular complexity index is 1000. The van der Waals surface area contributed by atoms with Gasteiger partial charge in [0.1, 0.15) is 12.3 Å². The maximum atomic E-state index is 13.4. The van der Waals surface area contributed by atoms with Crippen molar-refractivity contribution in [1.82, 2.24) is 4.90 Å². The van der Waals surface area contributed by atoms with E-state index in [9.17, 15) is 9.59 Å². The molecule has 1 atom stereocenters. The number of hydrogen-bond acceptors (Lipinski definition) is 3.